The molecule has 120 valence electrons. The van der Waals surface area contributed by atoms with Gasteiger partial charge in [-0.1, -0.05) is 44.2 Å². The molecular weight excluding hydrogens is 294 g/mol. The molecule has 2 aromatic heterocycles. The lowest BCUT2D eigenvalue weighted by atomic mass is 10.2. The monoisotopic (exact) mass is 313 g/mol. The van der Waals surface area contributed by atoms with Gasteiger partial charge in [-0.05, 0) is 12.5 Å². The molecule has 5 nitrogen and oxygen atoms in total. The molecule has 0 atom stereocenters. The third kappa shape index (κ3) is 3.34. The average molecular weight is 313 g/mol. The van der Waals surface area contributed by atoms with Gasteiger partial charge in [-0.3, -0.25) is 4.79 Å². The van der Waals surface area contributed by atoms with Crippen LogP contribution in [0.15, 0.2) is 56.5 Å². The van der Waals surface area contributed by atoms with Crippen LogP contribution in [0.2, 0.25) is 0 Å². The van der Waals surface area contributed by atoms with Crippen LogP contribution in [0.4, 0.5) is 0 Å². The molecule has 0 aliphatic heterocycles. The Balaban J connectivity index is 0.000000924. The van der Waals surface area contributed by atoms with E-state index in [4.69, 9.17) is 4.42 Å². The lowest BCUT2D eigenvalue weighted by Crippen LogP contribution is -2.23. The van der Waals surface area contributed by atoms with E-state index >= 15 is 0 Å². The Labute approximate surface area is 133 Å². The number of hydrogen-bond acceptors (Lipinski definition) is 4. The minimum absolute atomic E-state index is 0.0242. The van der Waals surface area contributed by atoms with Gasteiger partial charge in [0.15, 0.2) is 0 Å². The van der Waals surface area contributed by atoms with Crippen molar-refractivity contribution in [3.8, 4) is 5.75 Å². The highest BCUT2D eigenvalue weighted by Crippen LogP contribution is 2.19. The number of rotatable bonds is 2. The second kappa shape index (κ2) is 6.96. The number of benzene rings is 1. The van der Waals surface area contributed by atoms with Crippen LogP contribution in [-0.2, 0) is 6.54 Å². The molecule has 0 unspecified atom stereocenters. The highest BCUT2D eigenvalue weighted by molar-refractivity contribution is 5.82. The molecule has 0 bridgehead atoms. The summed E-state index contributed by atoms with van der Waals surface area (Å²) < 4.78 is 6.52. The van der Waals surface area contributed by atoms with Crippen molar-refractivity contribution in [3.05, 3.63) is 74.5 Å². The minimum Gasteiger partial charge on any atom is -0.507 e. The number of aryl methyl sites for hydroxylation is 1. The Bertz CT molecular complexity index is 923. The first-order valence-electron chi connectivity index (χ1n) is 7.47. The number of hydrogen-bond donors (Lipinski definition) is 1. The van der Waals surface area contributed by atoms with Gasteiger partial charge in [-0.25, -0.2) is 4.79 Å². The summed E-state index contributed by atoms with van der Waals surface area (Å²) in [6, 6.07) is 12.0. The van der Waals surface area contributed by atoms with Crippen molar-refractivity contribution < 1.29 is 9.52 Å². The molecule has 0 saturated heterocycles. The van der Waals surface area contributed by atoms with E-state index in [1.165, 1.54) is 4.57 Å². The molecule has 0 fully saturated rings. The Hall–Kier alpha value is -2.82. The summed E-state index contributed by atoms with van der Waals surface area (Å²) in [5, 5.41) is 9.87. The number of aromatic hydroxyl groups is 1. The van der Waals surface area contributed by atoms with E-state index in [9.17, 15) is 14.7 Å². The van der Waals surface area contributed by atoms with Crippen LogP contribution in [0.25, 0.3) is 11.0 Å². The average Bonchev–Trinajstić information content (AvgIpc) is 2.53. The standard InChI is InChI=1S/C16H13NO4.C2H6/c1-10-7-13-15(12(18)8-14(19)21-13)16(20)17(10)9-11-5-3-2-4-6-11;1-2/h2-8,18H,9H2,1H3;1-2H3. The van der Waals surface area contributed by atoms with Crippen molar-refractivity contribution in [1.29, 1.82) is 0 Å². The highest BCUT2D eigenvalue weighted by atomic mass is 16.4. The summed E-state index contributed by atoms with van der Waals surface area (Å²) in [5.74, 6) is -0.354. The van der Waals surface area contributed by atoms with Gasteiger partial charge in [-0.2, -0.15) is 0 Å². The molecule has 2 heterocycles. The third-order valence-corrected chi connectivity index (χ3v) is 3.38. The van der Waals surface area contributed by atoms with E-state index in [-0.39, 0.29) is 22.3 Å². The van der Waals surface area contributed by atoms with Crippen LogP contribution < -0.4 is 11.2 Å². The Morgan fingerprint density at radius 2 is 1.74 bits per heavy atom. The molecule has 1 N–H and O–H groups in total. The molecule has 3 rings (SSSR count). The summed E-state index contributed by atoms with van der Waals surface area (Å²) in [7, 11) is 0. The van der Waals surface area contributed by atoms with Crippen LogP contribution in [0.3, 0.4) is 0 Å². The summed E-state index contributed by atoms with van der Waals surface area (Å²) in [5.41, 5.74) is 0.672. The number of nitrogens with zero attached hydrogens (tertiary/aromatic N) is 1. The maximum absolute atomic E-state index is 12.5. The third-order valence-electron chi connectivity index (χ3n) is 3.38. The molecule has 0 spiro atoms. The summed E-state index contributed by atoms with van der Waals surface area (Å²) in [4.78, 5) is 23.8. The number of fused-ring (bicyclic) bond motifs is 1. The van der Waals surface area contributed by atoms with Crippen LogP contribution in [0, 0.1) is 6.92 Å². The van der Waals surface area contributed by atoms with E-state index in [0.717, 1.165) is 11.6 Å². The van der Waals surface area contributed by atoms with Gasteiger partial charge in [0.25, 0.3) is 5.56 Å². The first-order valence-corrected chi connectivity index (χ1v) is 7.47. The molecule has 0 saturated carbocycles. The maximum Gasteiger partial charge on any atom is 0.339 e. The molecule has 0 radical (unpaired) electrons. The van der Waals surface area contributed by atoms with E-state index in [1.54, 1.807) is 13.0 Å². The predicted molar refractivity (Wildman–Crippen MR) is 90.0 cm³/mol. The highest BCUT2D eigenvalue weighted by Gasteiger charge is 2.13. The molecule has 5 heteroatoms. The van der Waals surface area contributed by atoms with Gasteiger partial charge < -0.3 is 14.1 Å². The fraction of sp³-hybridized carbons (Fsp3) is 0.222. The number of pyridine rings is 1. The number of aromatic nitrogens is 1. The normalized spacial score (nSPS) is 10.2. The smallest absolute Gasteiger partial charge is 0.339 e. The first-order chi connectivity index (χ1) is 11.1. The van der Waals surface area contributed by atoms with Gasteiger partial charge in [0.2, 0.25) is 0 Å². The van der Waals surface area contributed by atoms with Gasteiger partial charge in [-0.15, -0.1) is 0 Å². The quantitative estimate of drug-likeness (QED) is 0.789. The zero-order chi connectivity index (χ0) is 17.0. The summed E-state index contributed by atoms with van der Waals surface area (Å²) >= 11 is 0. The zero-order valence-corrected chi connectivity index (χ0v) is 13.4. The molecule has 1 aromatic carbocycles. The Kier molecular flexibility index (Phi) is 5.01. The van der Waals surface area contributed by atoms with Crippen molar-refractivity contribution in [2.24, 2.45) is 0 Å². The van der Waals surface area contributed by atoms with E-state index in [1.807, 2.05) is 44.2 Å². The topological polar surface area (TPSA) is 72.4 Å². The molecular formula is C18H19NO4. The van der Waals surface area contributed by atoms with Gasteiger partial charge in [0.05, 0.1) is 12.6 Å². The molecule has 0 aliphatic carbocycles. The van der Waals surface area contributed by atoms with Crippen LogP contribution in [0.5, 0.6) is 5.75 Å². The van der Waals surface area contributed by atoms with Gasteiger partial charge in [0, 0.05) is 11.8 Å². The van der Waals surface area contributed by atoms with Crippen LogP contribution >= 0.6 is 0 Å². The Morgan fingerprint density at radius 1 is 1.09 bits per heavy atom. The van der Waals surface area contributed by atoms with Crippen molar-refractivity contribution in [2.75, 3.05) is 0 Å². The fourth-order valence-corrected chi connectivity index (χ4v) is 2.34. The van der Waals surface area contributed by atoms with Crippen LogP contribution in [0.1, 0.15) is 25.1 Å². The molecule has 23 heavy (non-hydrogen) atoms. The van der Waals surface area contributed by atoms with Gasteiger partial charge in [0.1, 0.15) is 16.7 Å². The largest absolute Gasteiger partial charge is 0.507 e. The minimum atomic E-state index is -0.681. The van der Waals surface area contributed by atoms with Crippen LogP contribution in [-0.4, -0.2) is 9.67 Å². The predicted octanol–water partition coefficient (Wildman–Crippen LogP) is 3.04. The maximum atomic E-state index is 12.5. The van der Waals surface area contributed by atoms with Crippen molar-refractivity contribution in [2.45, 2.75) is 27.3 Å². The van der Waals surface area contributed by atoms with E-state index < -0.39 is 5.63 Å². The van der Waals surface area contributed by atoms with Gasteiger partial charge >= 0.3 is 5.63 Å². The van der Waals surface area contributed by atoms with E-state index in [0.29, 0.717) is 12.2 Å². The summed E-state index contributed by atoms with van der Waals surface area (Å²) in [6.45, 7) is 6.15. The van der Waals surface area contributed by atoms with Crippen molar-refractivity contribution >= 4 is 11.0 Å². The first kappa shape index (κ1) is 16.5. The fourth-order valence-electron chi connectivity index (χ4n) is 2.34. The van der Waals surface area contributed by atoms with E-state index in [2.05, 4.69) is 0 Å². The second-order valence-corrected chi connectivity index (χ2v) is 4.85. The lowest BCUT2D eigenvalue weighted by Gasteiger charge is -2.11. The summed E-state index contributed by atoms with van der Waals surface area (Å²) in [6.07, 6.45) is 0. The zero-order valence-electron chi connectivity index (χ0n) is 13.4. The second-order valence-electron chi connectivity index (χ2n) is 4.85. The molecule has 0 amide bonds. The Morgan fingerprint density at radius 3 is 2.39 bits per heavy atom. The molecule has 3 aromatic rings. The lowest BCUT2D eigenvalue weighted by molar-refractivity contribution is 0.466. The molecule has 0 aliphatic rings. The van der Waals surface area contributed by atoms with Crippen molar-refractivity contribution in [3.63, 3.8) is 0 Å². The SMILES string of the molecule is CC.Cc1cc2oc(=O)cc(O)c2c(=O)n1Cc1ccccc1. The van der Waals surface area contributed by atoms with Crippen molar-refractivity contribution in [1.82, 2.24) is 4.57 Å².